The second-order valence-corrected chi connectivity index (χ2v) is 13.4. The van der Waals surface area contributed by atoms with E-state index < -0.39 is 92.3 Å². The van der Waals surface area contributed by atoms with Crippen molar-refractivity contribution in [2.45, 2.75) is 95.1 Å². The van der Waals surface area contributed by atoms with Crippen molar-refractivity contribution in [1.29, 1.82) is 0 Å². The summed E-state index contributed by atoms with van der Waals surface area (Å²) in [6.45, 7) is 2.66. The van der Waals surface area contributed by atoms with Gasteiger partial charge in [-0.1, -0.05) is 12.1 Å². The van der Waals surface area contributed by atoms with Gasteiger partial charge in [0.1, 0.15) is 30.2 Å². The largest absolute Gasteiger partial charge is 0.613 e. The van der Waals surface area contributed by atoms with E-state index in [2.05, 4.69) is 20.5 Å². The minimum absolute atomic E-state index is 0.0578. The number of carboxylic acids is 1. The number of aliphatic hydroxyl groups is 1. The topological polar surface area (TPSA) is 298 Å². The number of amides is 6. The summed E-state index contributed by atoms with van der Waals surface area (Å²) < 4.78 is 4.61. The molecule has 2 heterocycles. The van der Waals surface area contributed by atoms with Gasteiger partial charge in [0.15, 0.2) is 5.75 Å². The van der Waals surface area contributed by atoms with E-state index in [1.807, 2.05) is 0 Å². The first-order chi connectivity index (χ1) is 23.4. The molecule has 0 saturated carbocycles. The lowest BCUT2D eigenvalue weighted by Gasteiger charge is -2.32. The summed E-state index contributed by atoms with van der Waals surface area (Å²) in [6.07, 6.45) is -1.02. The van der Waals surface area contributed by atoms with Crippen molar-refractivity contribution in [3.8, 4) is 5.75 Å². The summed E-state index contributed by atoms with van der Waals surface area (Å²) in [5, 5.41) is 27.3. The van der Waals surface area contributed by atoms with Crippen molar-refractivity contribution in [3.05, 3.63) is 29.8 Å². The molecular weight excluding hydrogens is 683 g/mol. The van der Waals surface area contributed by atoms with Crippen LogP contribution in [0.3, 0.4) is 0 Å². The molecule has 2 fully saturated rings. The molecule has 1 aromatic carbocycles. The molecule has 6 atom stereocenters. The Labute approximate surface area is 287 Å². The van der Waals surface area contributed by atoms with Crippen molar-refractivity contribution >= 4 is 49.6 Å². The van der Waals surface area contributed by atoms with Gasteiger partial charge in [-0.3, -0.25) is 38.1 Å². The van der Waals surface area contributed by atoms with Crippen LogP contribution in [0.25, 0.3) is 0 Å². The molecule has 0 aromatic heterocycles. The molecule has 276 valence electrons. The van der Waals surface area contributed by atoms with E-state index in [1.54, 1.807) is 0 Å². The van der Waals surface area contributed by atoms with E-state index in [0.29, 0.717) is 24.8 Å². The third-order valence-corrected chi connectivity index (χ3v) is 8.75. The van der Waals surface area contributed by atoms with Crippen molar-refractivity contribution in [2.24, 2.45) is 5.73 Å². The Morgan fingerprint density at radius 3 is 2.00 bits per heavy atom. The van der Waals surface area contributed by atoms with Gasteiger partial charge in [-0.2, -0.15) is 14.7 Å². The van der Waals surface area contributed by atoms with Crippen molar-refractivity contribution < 1.29 is 63.0 Å². The SMILES string of the molecule is CC(=O)N[C@@H](Cc1ccc(O[P+](O)(O)O)cc1)C(=O)N[C@H](C(=O)N1CCC[C@H]1C(=O)N[C@@H](CCC(=O)O)C(=O)N1CCC[C@H]1C(N)=O)[C@@H](C)O. The molecule has 2 saturated heterocycles. The highest BCUT2D eigenvalue weighted by Gasteiger charge is 2.42. The second-order valence-electron chi connectivity index (χ2n) is 12.2. The summed E-state index contributed by atoms with van der Waals surface area (Å²) in [4.78, 5) is 119. The quantitative estimate of drug-likeness (QED) is 0.0794. The van der Waals surface area contributed by atoms with Crippen molar-refractivity contribution in [1.82, 2.24) is 25.8 Å². The van der Waals surface area contributed by atoms with Crippen LogP contribution in [-0.4, -0.2) is 126 Å². The van der Waals surface area contributed by atoms with Crippen LogP contribution in [0.2, 0.25) is 0 Å². The maximum Gasteiger partial charge on any atom is 0.613 e. The molecule has 0 spiro atoms. The third-order valence-electron chi connectivity index (χ3n) is 8.30. The van der Waals surface area contributed by atoms with Crippen LogP contribution in [0.4, 0.5) is 0 Å². The van der Waals surface area contributed by atoms with Crippen LogP contribution < -0.4 is 26.2 Å². The molecule has 0 bridgehead atoms. The number of primary amides is 1. The summed E-state index contributed by atoms with van der Waals surface area (Å²) in [5.41, 5.74) is 5.90. The lowest BCUT2D eigenvalue weighted by molar-refractivity contribution is -0.146. The number of carboxylic acid groups (broad SMARTS) is 1. The van der Waals surface area contributed by atoms with Crippen molar-refractivity contribution in [3.63, 3.8) is 0 Å². The van der Waals surface area contributed by atoms with E-state index in [9.17, 15) is 43.8 Å². The Balaban J connectivity index is 1.75. The fourth-order valence-electron chi connectivity index (χ4n) is 5.96. The zero-order valence-electron chi connectivity index (χ0n) is 27.6. The molecule has 1 aromatic rings. The fraction of sp³-hybridized carbons (Fsp3) is 0.567. The molecule has 19 nitrogen and oxygen atoms in total. The number of rotatable bonds is 16. The van der Waals surface area contributed by atoms with Gasteiger partial charge < -0.3 is 41.7 Å². The second kappa shape index (κ2) is 17.5. The molecule has 0 aliphatic carbocycles. The number of hydrogen-bond acceptors (Lipinski definition) is 12. The maximum absolute atomic E-state index is 13.8. The van der Waals surface area contributed by atoms with Gasteiger partial charge >= 0.3 is 14.1 Å². The molecule has 2 aliphatic rings. The molecule has 6 amide bonds. The van der Waals surface area contributed by atoms with Gasteiger partial charge in [0.25, 0.3) is 0 Å². The third kappa shape index (κ3) is 11.3. The van der Waals surface area contributed by atoms with E-state index in [1.165, 1.54) is 43.0 Å². The van der Waals surface area contributed by atoms with E-state index in [4.69, 9.17) is 20.4 Å². The minimum atomic E-state index is -4.56. The van der Waals surface area contributed by atoms with Gasteiger partial charge in [0, 0.05) is 32.9 Å². The van der Waals surface area contributed by atoms with Gasteiger partial charge in [0.2, 0.25) is 35.4 Å². The lowest BCUT2D eigenvalue weighted by Crippen LogP contribution is -2.61. The van der Waals surface area contributed by atoms with Crippen LogP contribution in [0.1, 0.15) is 57.9 Å². The van der Waals surface area contributed by atoms with E-state index in [-0.39, 0.29) is 38.1 Å². The zero-order valence-corrected chi connectivity index (χ0v) is 28.5. The normalized spacial score (nSPS) is 19.9. The van der Waals surface area contributed by atoms with Crippen LogP contribution >= 0.6 is 8.17 Å². The highest BCUT2D eigenvalue weighted by molar-refractivity contribution is 7.53. The predicted molar refractivity (Wildman–Crippen MR) is 173 cm³/mol. The van der Waals surface area contributed by atoms with Crippen LogP contribution in [0.15, 0.2) is 24.3 Å². The Kier molecular flexibility index (Phi) is 14.0. The van der Waals surface area contributed by atoms with Gasteiger partial charge in [0.05, 0.1) is 6.10 Å². The molecule has 20 heteroatoms. The first kappa shape index (κ1) is 40.0. The number of benzene rings is 1. The first-order valence-corrected chi connectivity index (χ1v) is 17.5. The standard InChI is InChI=1S/C30H43N6O13P/c1-16(37)25(34-27(42)21(32-17(2)38)15-18-7-9-19(10-8-18)49-50(46,47)48)30(45)36-14-4-6-23(36)28(43)33-20(11-12-24(39)40)29(44)35-13-3-5-22(35)26(31)41/h7-10,16,20-23,25,37,46-48H,3-6,11-15H2,1-2H3,(H5-,31,32,33,34,38,39,40,41,42,43)/p+1/t16-,20+,21+,22+,23+,25+/m1/s1. The Morgan fingerprint density at radius 2 is 1.48 bits per heavy atom. The highest BCUT2D eigenvalue weighted by atomic mass is 31.2. The molecule has 2 aliphatic heterocycles. The monoisotopic (exact) mass is 727 g/mol. The molecule has 50 heavy (non-hydrogen) atoms. The summed E-state index contributed by atoms with van der Waals surface area (Å²) in [6, 6.07) is -0.746. The molecular formula is C30H44N6O13P+. The summed E-state index contributed by atoms with van der Waals surface area (Å²) in [5.74, 6) is -5.73. The lowest BCUT2D eigenvalue weighted by atomic mass is 10.0. The molecule has 0 radical (unpaired) electrons. The van der Waals surface area contributed by atoms with Gasteiger partial charge in [-0.05, 0) is 56.7 Å². The first-order valence-electron chi connectivity index (χ1n) is 15.9. The number of carbonyl (C=O) groups is 7. The van der Waals surface area contributed by atoms with Crippen LogP contribution in [0, 0.1) is 0 Å². The molecule has 0 unspecified atom stereocenters. The highest BCUT2D eigenvalue weighted by Crippen LogP contribution is 2.45. The number of nitrogens with zero attached hydrogens (tertiary/aromatic N) is 2. The van der Waals surface area contributed by atoms with Gasteiger partial charge in [-0.15, -0.1) is 0 Å². The average molecular weight is 728 g/mol. The van der Waals surface area contributed by atoms with E-state index in [0.717, 1.165) is 4.90 Å². The molecule has 3 rings (SSSR count). The minimum Gasteiger partial charge on any atom is -0.481 e. The fourth-order valence-corrected chi connectivity index (χ4v) is 6.37. The zero-order chi connectivity index (χ0) is 37.3. The average Bonchev–Trinajstić information content (AvgIpc) is 3.71. The molecule has 10 N–H and O–H groups in total. The Bertz CT molecular complexity index is 1440. The number of nitrogens with one attached hydrogen (secondary N) is 3. The van der Waals surface area contributed by atoms with Crippen molar-refractivity contribution in [2.75, 3.05) is 13.1 Å². The number of carbonyl (C=O) groups excluding carboxylic acids is 6. The van der Waals surface area contributed by atoms with Gasteiger partial charge in [-0.25, -0.2) is 0 Å². The van der Waals surface area contributed by atoms with E-state index >= 15 is 0 Å². The van der Waals surface area contributed by atoms with Crippen LogP contribution in [0.5, 0.6) is 5.75 Å². The number of nitrogens with two attached hydrogens (primary N) is 1. The maximum atomic E-state index is 13.8. The Hall–Kier alpha value is -4.42. The number of aliphatic hydroxyl groups excluding tert-OH is 1. The smallest absolute Gasteiger partial charge is 0.481 e. The Morgan fingerprint density at radius 1 is 0.900 bits per heavy atom. The predicted octanol–water partition coefficient (Wildman–Crippen LogP) is -2.55. The number of aliphatic carboxylic acids is 1. The number of hydrogen-bond donors (Lipinski definition) is 9. The van der Waals surface area contributed by atoms with Crippen LogP contribution in [-0.2, 0) is 40.0 Å². The summed E-state index contributed by atoms with van der Waals surface area (Å²) in [7, 11) is -4.56. The number of likely N-dealkylation sites (tertiary alicyclic amines) is 2. The summed E-state index contributed by atoms with van der Waals surface area (Å²) >= 11 is 0.